The monoisotopic (exact) mass is 228 g/mol. The number of amides is 2. The molecule has 0 spiro atoms. The van der Waals surface area contributed by atoms with Crippen LogP contribution in [0.3, 0.4) is 0 Å². The summed E-state index contributed by atoms with van der Waals surface area (Å²) in [5.74, 6) is 0.339. The lowest BCUT2D eigenvalue weighted by atomic mass is 9.98. The SMILES string of the molecule is C[C@H](N)C(=NNC(N)=O)OC1CCCCC1. The Kier molecular flexibility index (Phi) is 5.04. The van der Waals surface area contributed by atoms with E-state index < -0.39 is 6.03 Å². The van der Waals surface area contributed by atoms with Crippen LogP contribution in [-0.2, 0) is 4.74 Å². The van der Waals surface area contributed by atoms with Gasteiger partial charge in [-0.15, -0.1) is 5.10 Å². The Morgan fingerprint density at radius 3 is 2.56 bits per heavy atom. The quantitative estimate of drug-likeness (QED) is 0.375. The van der Waals surface area contributed by atoms with Gasteiger partial charge >= 0.3 is 6.03 Å². The van der Waals surface area contributed by atoms with Crippen LogP contribution in [0.4, 0.5) is 4.79 Å². The average molecular weight is 228 g/mol. The number of carbonyl (C=O) groups is 1. The van der Waals surface area contributed by atoms with E-state index in [9.17, 15) is 4.79 Å². The molecule has 0 bridgehead atoms. The molecule has 0 aliphatic heterocycles. The Morgan fingerprint density at radius 2 is 2.06 bits per heavy atom. The number of nitrogens with one attached hydrogen (secondary N) is 1. The molecule has 0 aromatic rings. The Hall–Kier alpha value is -1.30. The van der Waals surface area contributed by atoms with Crippen LogP contribution in [0.15, 0.2) is 5.10 Å². The molecule has 0 unspecified atom stereocenters. The first-order valence-corrected chi connectivity index (χ1v) is 5.65. The molecule has 0 aromatic heterocycles. The normalized spacial score (nSPS) is 20.2. The highest BCUT2D eigenvalue weighted by molar-refractivity contribution is 5.83. The van der Waals surface area contributed by atoms with E-state index in [0.717, 1.165) is 12.8 Å². The lowest BCUT2D eigenvalue weighted by Gasteiger charge is -2.24. The van der Waals surface area contributed by atoms with Crippen molar-refractivity contribution in [2.24, 2.45) is 16.6 Å². The van der Waals surface area contributed by atoms with Gasteiger partial charge in [0.15, 0.2) is 0 Å². The molecule has 1 aliphatic carbocycles. The van der Waals surface area contributed by atoms with Crippen LogP contribution in [-0.4, -0.2) is 24.1 Å². The van der Waals surface area contributed by atoms with Gasteiger partial charge < -0.3 is 16.2 Å². The van der Waals surface area contributed by atoms with Crippen molar-refractivity contribution in [3.05, 3.63) is 0 Å². The third kappa shape index (κ3) is 4.48. The third-order valence-corrected chi connectivity index (χ3v) is 2.51. The minimum absolute atomic E-state index is 0.160. The molecule has 2 amide bonds. The standard InChI is InChI=1S/C10H20N4O2/c1-7(11)9(13-14-10(12)15)16-8-5-3-2-4-6-8/h7-8H,2-6,11H2,1H3,(H3,12,14,15)/t7-/m0/s1. The molecular formula is C10H20N4O2. The summed E-state index contributed by atoms with van der Waals surface area (Å²) < 4.78 is 5.66. The van der Waals surface area contributed by atoms with Gasteiger partial charge in [-0.1, -0.05) is 6.42 Å². The predicted octanol–water partition coefficient (Wildman–Crippen LogP) is 0.665. The maximum atomic E-state index is 10.5. The second-order valence-corrected chi connectivity index (χ2v) is 4.09. The van der Waals surface area contributed by atoms with E-state index >= 15 is 0 Å². The minimum atomic E-state index is -0.717. The third-order valence-electron chi connectivity index (χ3n) is 2.51. The summed E-state index contributed by atoms with van der Waals surface area (Å²) in [5.41, 5.74) is 12.8. The molecular weight excluding hydrogens is 208 g/mol. The number of hydrazone groups is 1. The first kappa shape index (κ1) is 12.8. The molecule has 0 saturated heterocycles. The van der Waals surface area contributed by atoms with Gasteiger partial charge in [0.25, 0.3) is 0 Å². The molecule has 1 aliphatic rings. The van der Waals surface area contributed by atoms with Gasteiger partial charge in [-0.25, -0.2) is 10.2 Å². The zero-order valence-corrected chi connectivity index (χ0v) is 9.61. The van der Waals surface area contributed by atoms with E-state index in [1.165, 1.54) is 19.3 Å². The molecule has 0 aromatic carbocycles. The zero-order valence-electron chi connectivity index (χ0n) is 9.61. The van der Waals surface area contributed by atoms with E-state index in [-0.39, 0.29) is 12.1 Å². The van der Waals surface area contributed by atoms with E-state index in [1.807, 2.05) is 0 Å². The number of carbonyl (C=O) groups excluding carboxylic acids is 1. The van der Waals surface area contributed by atoms with Crippen molar-refractivity contribution >= 4 is 11.9 Å². The van der Waals surface area contributed by atoms with Gasteiger partial charge in [-0.2, -0.15) is 0 Å². The van der Waals surface area contributed by atoms with E-state index in [1.54, 1.807) is 6.92 Å². The first-order valence-electron chi connectivity index (χ1n) is 5.65. The van der Waals surface area contributed by atoms with Gasteiger partial charge in [0.05, 0.1) is 6.04 Å². The minimum Gasteiger partial charge on any atom is -0.475 e. The van der Waals surface area contributed by atoms with Crippen LogP contribution in [0.5, 0.6) is 0 Å². The molecule has 6 heteroatoms. The zero-order chi connectivity index (χ0) is 12.0. The van der Waals surface area contributed by atoms with Crippen LogP contribution in [0, 0.1) is 0 Å². The van der Waals surface area contributed by atoms with Crippen molar-refractivity contribution in [1.29, 1.82) is 0 Å². The Morgan fingerprint density at radius 1 is 1.44 bits per heavy atom. The second kappa shape index (κ2) is 6.32. The lowest BCUT2D eigenvalue weighted by molar-refractivity contribution is 0.135. The number of hydrogen-bond acceptors (Lipinski definition) is 4. The number of ether oxygens (including phenoxy) is 1. The Balaban J connectivity index is 2.49. The molecule has 1 rings (SSSR count). The Labute approximate surface area is 95.4 Å². The van der Waals surface area contributed by atoms with E-state index in [0.29, 0.717) is 5.90 Å². The van der Waals surface area contributed by atoms with Crippen molar-refractivity contribution in [1.82, 2.24) is 5.43 Å². The van der Waals surface area contributed by atoms with Crippen molar-refractivity contribution in [2.45, 2.75) is 51.2 Å². The molecule has 5 N–H and O–H groups in total. The number of primary amides is 1. The van der Waals surface area contributed by atoms with Crippen molar-refractivity contribution in [3.8, 4) is 0 Å². The molecule has 16 heavy (non-hydrogen) atoms. The average Bonchev–Trinajstić information content (AvgIpc) is 2.25. The first-order chi connectivity index (χ1) is 7.59. The summed E-state index contributed by atoms with van der Waals surface area (Å²) in [4.78, 5) is 10.5. The molecule has 6 nitrogen and oxygen atoms in total. The lowest BCUT2D eigenvalue weighted by Crippen LogP contribution is -2.36. The molecule has 0 heterocycles. The fourth-order valence-electron chi connectivity index (χ4n) is 1.70. The number of rotatable bonds is 3. The predicted molar refractivity (Wildman–Crippen MR) is 61.8 cm³/mol. The highest BCUT2D eigenvalue weighted by Gasteiger charge is 2.18. The summed E-state index contributed by atoms with van der Waals surface area (Å²) in [6.07, 6.45) is 5.78. The van der Waals surface area contributed by atoms with Crippen molar-refractivity contribution in [2.75, 3.05) is 0 Å². The van der Waals surface area contributed by atoms with Gasteiger partial charge in [0, 0.05) is 0 Å². The maximum absolute atomic E-state index is 10.5. The van der Waals surface area contributed by atoms with Gasteiger partial charge in [0.1, 0.15) is 6.10 Å². The molecule has 92 valence electrons. The number of hydrogen-bond donors (Lipinski definition) is 3. The maximum Gasteiger partial charge on any atom is 0.332 e. The second-order valence-electron chi connectivity index (χ2n) is 4.09. The van der Waals surface area contributed by atoms with Crippen molar-refractivity contribution in [3.63, 3.8) is 0 Å². The van der Waals surface area contributed by atoms with Crippen LogP contribution < -0.4 is 16.9 Å². The topological polar surface area (TPSA) is 103 Å². The number of urea groups is 1. The molecule has 0 radical (unpaired) electrons. The van der Waals surface area contributed by atoms with Crippen LogP contribution in [0.25, 0.3) is 0 Å². The molecule has 1 saturated carbocycles. The fraction of sp³-hybridized carbons (Fsp3) is 0.800. The smallest absolute Gasteiger partial charge is 0.332 e. The van der Waals surface area contributed by atoms with Gasteiger partial charge in [-0.05, 0) is 32.6 Å². The van der Waals surface area contributed by atoms with Gasteiger partial charge in [-0.3, -0.25) is 0 Å². The molecule has 1 atom stereocenters. The molecule has 1 fully saturated rings. The highest BCUT2D eigenvalue weighted by Crippen LogP contribution is 2.20. The summed E-state index contributed by atoms with van der Waals surface area (Å²) >= 11 is 0. The summed E-state index contributed by atoms with van der Waals surface area (Å²) in [6.45, 7) is 1.75. The van der Waals surface area contributed by atoms with Crippen LogP contribution in [0.2, 0.25) is 0 Å². The van der Waals surface area contributed by atoms with Crippen molar-refractivity contribution < 1.29 is 9.53 Å². The van der Waals surface area contributed by atoms with Crippen LogP contribution >= 0.6 is 0 Å². The number of nitrogens with zero attached hydrogens (tertiary/aromatic N) is 1. The van der Waals surface area contributed by atoms with E-state index in [2.05, 4.69) is 10.5 Å². The van der Waals surface area contributed by atoms with E-state index in [4.69, 9.17) is 16.2 Å². The summed E-state index contributed by atoms with van der Waals surface area (Å²) in [6, 6.07) is -1.07. The number of nitrogens with two attached hydrogens (primary N) is 2. The largest absolute Gasteiger partial charge is 0.475 e. The van der Waals surface area contributed by atoms with Crippen LogP contribution in [0.1, 0.15) is 39.0 Å². The summed E-state index contributed by atoms with van der Waals surface area (Å²) in [7, 11) is 0. The fourth-order valence-corrected chi connectivity index (χ4v) is 1.70. The summed E-state index contributed by atoms with van der Waals surface area (Å²) in [5, 5.41) is 3.76. The highest BCUT2D eigenvalue weighted by atomic mass is 16.5. The Bertz CT molecular complexity index is 260. The van der Waals surface area contributed by atoms with Gasteiger partial charge in [0.2, 0.25) is 5.90 Å².